The van der Waals surface area contributed by atoms with Crippen molar-refractivity contribution in [3.05, 3.63) is 0 Å². The zero-order valence-corrected chi connectivity index (χ0v) is 18.1. The van der Waals surface area contributed by atoms with E-state index in [9.17, 15) is 14.4 Å². The van der Waals surface area contributed by atoms with Crippen LogP contribution in [0.5, 0.6) is 0 Å². The minimum absolute atomic E-state index is 0.311. The molecule has 0 aromatic carbocycles. The molecule has 0 aliphatic carbocycles. The summed E-state index contributed by atoms with van der Waals surface area (Å²) in [5.74, 6) is -1.21. The number of amides is 3. The normalized spacial score (nSPS) is 14.1. The molecule has 0 fully saturated rings. The number of rotatable bonds is 17. The largest absolute Gasteiger partial charge is 0.368 e. The maximum Gasteiger partial charge on any atom is 0.243 e. The zero-order valence-electron chi connectivity index (χ0n) is 18.1. The van der Waals surface area contributed by atoms with Crippen molar-refractivity contribution in [2.75, 3.05) is 0 Å². The van der Waals surface area contributed by atoms with E-state index in [1.54, 1.807) is 0 Å². The van der Waals surface area contributed by atoms with Crippen molar-refractivity contribution < 1.29 is 14.4 Å². The molecule has 28 heavy (non-hydrogen) atoms. The third-order valence-electron chi connectivity index (χ3n) is 4.94. The van der Waals surface area contributed by atoms with E-state index in [2.05, 4.69) is 31.4 Å². The van der Waals surface area contributed by atoms with E-state index in [1.165, 1.54) is 0 Å². The van der Waals surface area contributed by atoms with Gasteiger partial charge in [0.1, 0.15) is 12.1 Å². The molecule has 0 saturated carbocycles. The summed E-state index contributed by atoms with van der Waals surface area (Å²) < 4.78 is 0. The average Bonchev–Trinajstić information content (AvgIpc) is 2.66. The maximum absolute atomic E-state index is 12.7. The second kappa shape index (κ2) is 16.3. The lowest BCUT2D eigenvalue weighted by molar-refractivity contribution is -0.132. The highest BCUT2D eigenvalue weighted by Gasteiger charge is 2.26. The highest BCUT2D eigenvalue weighted by atomic mass is 16.2. The van der Waals surface area contributed by atoms with Crippen LogP contribution in [-0.4, -0.2) is 35.8 Å². The molecule has 0 aromatic rings. The topological polar surface area (TPSA) is 127 Å². The van der Waals surface area contributed by atoms with E-state index in [0.29, 0.717) is 19.3 Å². The summed E-state index contributed by atoms with van der Waals surface area (Å²) >= 11 is 0. The van der Waals surface area contributed by atoms with Gasteiger partial charge in [0, 0.05) is 0 Å². The number of primary amides is 1. The van der Waals surface area contributed by atoms with Gasteiger partial charge in [-0.3, -0.25) is 14.4 Å². The number of hydrogen-bond donors (Lipinski definition) is 4. The van der Waals surface area contributed by atoms with Gasteiger partial charge in [-0.15, -0.1) is 0 Å². The third kappa shape index (κ3) is 12.0. The first-order valence-electron chi connectivity index (χ1n) is 11.0. The van der Waals surface area contributed by atoms with Crippen molar-refractivity contribution in [1.82, 2.24) is 10.6 Å². The molecule has 3 amide bonds. The lowest BCUT2D eigenvalue weighted by atomic mass is 10.0. The minimum Gasteiger partial charge on any atom is -0.368 e. The molecule has 3 atom stereocenters. The van der Waals surface area contributed by atoms with Crippen molar-refractivity contribution in [3.8, 4) is 0 Å². The van der Waals surface area contributed by atoms with Crippen LogP contribution in [0, 0.1) is 0 Å². The summed E-state index contributed by atoms with van der Waals surface area (Å²) in [6.45, 7) is 6.24. The molecular weight excluding hydrogens is 356 g/mol. The number of hydrogen-bond acceptors (Lipinski definition) is 4. The molecular formula is C21H42N4O3. The summed E-state index contributed by atoms with van der Waals surface area (Å²) in [5, 5.41) is 5.52. The number of nitrogens with two attached hydrogens (primary N) is 2. The summed E-state index contributed by atoms with van der Waals surface area (Å²) in [6.07, 6.45) is 10.2. The monoisotopic (exact) mass is 398 g/mol. The first-order chi connectivity index (χ1) is 13.4. The summed E-state index contributed by atoms with van der Waals surface area (Å²) in [6, 6.07) is -2.02. The predicted octanol–water partition coefficient (Wildman–Crippen LogP) is 2.51. The van der Waals surface area contributed by atoms with E-state index >= 15 is 0 Å². The van der Waals surface area contributed by atoms with Gasteiger partial charge in [-0.2, -0.15) is 0 Å². The Kier molecular flexibility index (Phi) is 15.4. The lowest BCUT2D eigenvalue weighted by Crippen LogP contribution is -2.55. The van der Waals surface area contributed by atoms with Crippen LogP contribution >= 0.6 is 0 Å². The number of nitrogens with one attached hydrogen (secondary N) is 2. The molecule has 0 radical (unpaired) electrons. The third-order valence-corrected chi connectivity index (χ3v) is 4.94. The quantitative estimate of drug-likeness (QED) is 0.281. The first-order valence-corrected chi connectivity index (χ1v) is 11.0. The van der Waals surface area contributed by atoms with E-state index in [1.807, 2.05) is 0 Å². The molecule has 7 nitrogen and oxygen atoms in total. The average molecular weight is 399 g/mol. The van der Waals surface area contributed by atoms with E-state index in [4.69, 9.17) is 11.5 Å². The van der Waals surface area contributed by atoms with Crippen LogP contribution in [-0.2, 0) is 14.4 Å². The van der Waals surface area contributed by atoms with Gasteiger partial charge in [0.25, 0.3) is 0 Å². The van der Waals surface area contributed by atoms with E-state index < -0.39 is 24.0 Å². The maximum atomic E-state index is 12.7. The van der Waals surface area contributed by atoms with Gasteiger partial charge in [-0.05, 0) is 19.3 Å². The number of unbranched alkanes of at least 4 members (excludes halogenated alkanes) is 6. The standard InChI is InChI=1S/C21H42N4O3/c1-4-7-10-13-16(22)20(27)25-18(15-12-9-6-3)21(28)24-17(19(23)26)14-11-8-5-2/h16-18H,4-15,22H2,1-3H3,(H2,23,26)(H,24,28)(H,25,27)/t16-,17-,18-/m0/s1. The predicted molar refractivity (Wildman–Crippen MR) is 113 cm³/mol. The second-order valence-corrected chi connectivity index (χ2v) is 7.62. The fourth-order valence-corrected chi connectivity index (χ4v) is 3.05. The Morgan fingerprint density at radius 3 is 1.57 bits per heavy atom. The Balaban J connectivity index is 4.86. The highest BCUT2D eigenvalue weighted by molar-refractivity contribution is 5.92. The van der Waals surface area contributed by atoms with Crippen molar-refractivity contribution in [1.29, 1.82) is 0 Å². The van der Waals surface area contributed by atoms with Crippen LogP contribution in [0.1, 0.15) is 97.8 Å². The first kappa shape index (κ1) is 26.4. The molecule has 0 aliphatic rings. The molecule has 0 bridgehead atoms. The van der Waals surface area contributed by atoms with Crippen LogP contribution < -0.4 is 22.1 Å². The molecule has 0 saturated heterocycles. The van der Waals surface area contributed by atoms with Gasteiger partial charge in [0.2, 0.25) is 17.7 Å². The van der Waals surface area contributed by atoms with Crippen molar-refractivity contribution in [3.63, 3.8) is 0 Å². The van der Waals surface area contributed by atoms with E-state index in [0.717, 1.165) is 57.8 Å². The minimum atomic E-state index is -0.706. The SMILES string of the molecule is CCCCC[C@H](NC(=O)[C@H](CCCCC)NC(=O)[C@@H](N)CCCCC)C(N)=O. The van der Waals surface area contributed by atoms with Gasteiger partial charge in [0.15, 0.2) is 0 Å². The van der Waals surface area contributed by atoms with Crippen LogP contribution in [0.3, 0.4) is 0 Å². The molecule has 6 N–H and O–H groups in total. The van der Waals surface area contributed by atoms with Gasteiger partial charge in [-0.25, -0.2) is 0 Å². The molecule has 0 aromatic heterocycles. The number of carbonyl (C=O) groups is 3. The lowest BCUT2D eigenvalue weighted by Gasteiger charge is -2.23. The second-order valence-electron chi connectivity index (χ2n) is 7.62. The fourth-order valence-electron chi connectivity index (χ4n) is 3.05. The Hall–Kier alpha value is -1.63. The van der Waals surface area contributed by atoms with Crippen LogP contribution in [0.4, 0.5) is 0 Å². The van der Waals surface area contributed by atoms with Crippen LogP contribution in [0.25, 0.3) is 0 Å². The van der Waals surface area contributed by atoms with Gasteiger partial charge >= 0.3 is 0 Å². The molecule has 164 valence electrons. The summed E-state index contributed by atoms with van der Waals surface area (Å²) in [7, 11) is 0. The zero-order chi connectivity index (χ0) is 21.4. The van der Waals surface area contributed by atoms with Crippen molar-refractivity contribution in [2.24, 2.45) is 11.5 Å². The Morgan fingerprint density at radius 1 is 0.679 bits per heavy atom. The molecule has 0 heterocycles. The highest BCUT2D eigenvalue weighted by Crippen LogP contribution is 2.08. The Labute approximate surface area is 170 Å². The molecule has 0 rings (SSSR count). The Bertz CT molecular complexity index is 457. The van der Waals surface area contributed by atoms with Gasteiger partial charge < -0.3 is 22.1 Å². The molecule has 0 aliphatic heterocycles. The Morgan fingerprint density at radius 2 is 1.11 bits per heavy atom. The fraction of sp³-hybridized carbons (Fsp3) is 0.857. The summed E-state index contributed by atoms with van der Waals surface area (Å²) in [4.78, 5) is 36.8. The van der Waals surface area contributed by atoms with Gasteiger partial charge in [0.05, 0.1) is 6.04 Å². The molecule has 7 heteroatoms. The summed E-state index contributed by atoms with van der Waals surface area (Å²) in [5.41, 5.74) is 11.4. The van der Waals surface area contributed by atoms with Crippen LogP contribution in [0.15, 0.2) is 0 Å². The van der Waals surface area contributed by atoms with Gasteiger partial charge in [-0.1, -0.05) is 78.6 Å². The van der Waals surface area contributed by atoms with Crippen molar-refractivity contribution in [2.45, 2.75) is 116 Å². The van der Waals surface area contributed by atoms with Crippen LogP contribution in [0.2, 0.25) is 0 Å². The smallest absolute Gasteiger partial charge is 0.243 e. The van der Waals surface area contributed by atoms with Crippen molar-refractivity contribution >= 4 is 17.7 Å². The number of carbonyl (C=O) groups excluding carboxylic acids is 3. The molecule has 0 spiro atoms. The molecule has 0 unspecified atom stereocenters. The van der Waals surface area contributed by atoms with E-state index in [-0.39, 0.29) is 11.8 Å².